The van der Waals surface area contributed by atoms with E-state index in [-0.39, 0.29) is 12.3 Å². The summed E-state index contributed by atoms with van der Waals surface area (Å²) < 4.78 is 0. The molecule has 2 amide bonds. The molecule has 4 N–H and O–H groups in total. The SMILES string of the molecule is CCCC1CCN(C(=O)C(N)CC(N)=O)C1. The van der Waals surface area contributed by atoms with Crippen LogP contribution in [0.4, 0.5) is 0 Å². The van der Waals surface area contributed by atoms with Crippen molar-refractivity contribution < 1.29 is 9.59 Å². The van der Waals surface area contributed by atoms with Gasteiger partial charge in [-0.3, -0.25) is 9.59 Å². The molecule has 0 aromatic heterocycles. The average molecular weight is 227 g/mol. The van der Waals surface area contributed by atoms with Crippen molar-refractivity contribution in [1.82, 2.24) is 4.90 Å². The van der Waals surface area contributed by atoms with Gasteiger partial charge in [-0.25, -0.2) is 0 Å². The van der Waals surface area contributed by atoms with Crippen LogP contribution in [-0.2, 0) is 9.59 Å². The molecule has 0 aliphatic carbocycles. The van der Waals surface area contributed by atoms with Crippen molar-refractivity contribution in [3.8, 4) is 0 Å². The van der Waals surface area contributed by atoms with Crippen molar-refractivity contribution in [3.05, 3.63) is 0 Å². The molecule has 16 heavy (non-hydrogen) atoms. The van der Waals surface area contributed by atoms with Gasteiger partial charge in [0, 0.05) is 13.1 Å². The zero-order valence-corrected chi connectivity index (χ0v) is 9.82. The van der Waals surface area contributed by atoms with Gasteiger partial charge in [0.25, 0.3) is 0 Å². The molecular weight excluding hydrogens is 206 g/mol. The molecule has 1 fully saturated rings. The number of carbonyl (C=O) groups excluding carboxylic acids is 2. The first kappa shape index (κ1) is 13.0. The summed E-state index contributed by atoms with van der Waals surface area (Å²) in [7, 11) is 0. The second-order valence-corrected chi connectivity index (χ2v) is 4.50. The van der Waals surface area contributed by atoms with Gasteiger partial charge < -0.3 is 16.4 Å². The van der Waals surface area contributed by atoms with Crippen LogP contribution in [0.15, 0.2) is 0 Å². The largest absolute Gasteiger partial charge is 0.370 e. The summed E-state index contributed by atoms with van der Waals surface area (Å²) in [6.07, 6.45) is 3.27. The molecule has 0 bridgehead atoms. The molecule has 0 spiro atoms. The first-order valence-electron chi connectivity index (χ1n) is 5.87. The van der Waals surface area contributed by atoms with Gasteiger partial charge in [-0.05, 0) is 18.8 Å². The lowest BCUT2D eigenvalue weighted by Crippen LogP contribution is -2.44. The first-order chi connectivity index (χ1) is 7.54. The third kappa shape index (κ3) is 3.48. The van der Waals surface area contributed by atoms with E-state index in [4.69, 9.17) is 11.5 Å². The molecule has 1 aliphatic heterocycles. The van der Waals surface area contributed by atoms with Crippen molar-refractivity contribution in [2.24, 2.45) is 17.4 Å². The summed E-state index contributed by atoms with van der Waals surface area (Å²) >= 11 is 0. The molecule has 1 aliphatic rings. The Labute approximate surface area is 96.1 Å². The third-order valence-corrected chi connectivity index (χ3v) is 3.03. The maximum atomic E-state index is 11.8. The molecule has 0 aromatic carbocycles. The Morgan fingerprint density at radius 3 is 2.75 bits per heavy atom. The van der Waals surface area contributed by atoms with Gasteiger partial charge in [0.15, 0.2) is 0 Å². The highest BCUT2D eigenvalue weighted by molar-refractivity contribution is 5.87. The number of hydrogen-bond donors (Lipinski definition) is 2. The molecule has 1 saturated heterocycles. The van der Waals surface area contributed by atoms with E-state index in [0.717, 1.165) is 32.4 Å². The molecule has 1 heterocycles. The normalized spacial score (nSPS) is 22.1. The van der Waals surface area contributed by atoms with E-state index in [2.05, 4.69) is 6.92 Å². The fraction of sp³-hybridized carbons (Fsp3) is 0.818. The highest BCUT2D eigenvalue weighted by Gasteiger charge is 2.29. The smallest absolute Gasteiger partial charge is 0.240 e. The topological polar surface area (TPSA) is 89.4 Å². The molecule has 0 saturated carbocycles. The molecule has 5 heteroatoms. The van der Waals surface area contributed by atoms with Crippen molar-refractivity contribution in [1.29, 1.82) is 0 Å². The van der Waals surface area contributed by atoms with Gasteiger partial charge in [-0.1, -0.05) is 13.3 Å². The Morgan fingerprint density at radius 2 is 2.19 bits per heavy atom. The molecule has 92 valence electrons. The lowest BCUT2D eigenvalue weighted by atomic mass is 10.0. The summed E-state index contributed by atoms with van der Waals surface area (Å²) in [5.41, 5.74) is 10.6. The Hall–Kier alpha value is -1.10. The fourth-order valence-corrected chi connectivity index (χ4v) is 2.22. The van der Waals surface area contributed by atoms with E-state index in [0.29, 0.717) is 5.92 Å². The summed E-state index contributed by atoms with van der Waals surface area (Å²) in [6, 6.07) is -0.766. The van der Waals surface area contributed by atoms with Crippen LogP contribution in [-0.4, -0.2) is 35.8 Å². The monoisotopic (exact) mass is 227 g/mol. The molecule has 1 rings (SSSR count). The summed E-state index contributed by atoms with van der Waals surface area (Å²) in [5, 5.41) is 0. The number of likely N-dealkylation sites (tertiary alicyclic amines) is 1. The second kappa shape index (κ2) is 5.84. The number of hydrogen-bond acceptors (Lipinski definition) is 3. The molecule has 0 aromatic rings. The van der Waals surface area contributed by atoms with Crippen molar-refractivity contribution >= 4 is 11.8 Å². The Kier molecular flexibility index (Phi) is 4.73. The van der Waals surface area contributed by atoms with Gasteiger partial charge in [0.05, 0.1) is 12.5 Å². The van der Waals surface area contributed by atoms with Crippen LogP contribution in [0.25, 0.3) is 0 Å². The Morgan fingerprint density at radius 1 is 1.50 bits per heavy atom. The molecule has 2 unspecified atom stereocenters. The predicted octanol–water partition coefficient (Wildman–Crippen LogP) is -0.162. The van der Waals surface area contributed by atoms with Crippen LogP contribution in [0, 0.1) is 5.92 Å². The quantitative estimate of drug-likeness (QED) is 0.683. The van der Waals surface area contributed by atoms with E-state index in [1.54, 1.807) is 4.90 Å². The first-order valence-corrected chi connectivity index (χ1v) is 5.87. The van der Waals surface area contributed by atoms with Gasteiger partial charge >= 0.3 is 0 Å². The van der Waals surface area contributed by atoms with Crippen LogP contribution in [0.1, 0.15) is 32.6 Å². The highest BCUT2D eigenvalue weighted by Crippen LogP contribution is 2.21. The Bertz CT molecular complexity index is 268. The van der Waals surface area contributed by atoms with E-state index < -0.39 is 11.9 Å². The lowest BCUT2D eigenvalue weighted by molar-refractivity contribution is -0.133. The molecular formula is C11H21N3O2. The number of nitrogens with zero attached hydrogens (tertiary/aromatic N) is 1. The minimum atomic E-state index is -0.766. The van der Waals surface area contributed by atoms with E-state index >= 15 is 0 Å². The number of rotatable bonds is 5. The molecule has 0 radical (unpaired) electrons. The summed E-state index contributed by atoms with van der Waals surface area (Å²) in [4.78, 5) is 24.2. The van der Waals surface area contributed by atoms with Crippen LogP contribution in [0.5, 0.6) is 0 Å². The predicted molar refractivity (Wildman–Crippen MR) is 61.4 cm³/mol. The van der Waals surface area contributed by atoms with Crippen molar-refractivity contribution in [2.75, 3.05) is 13.1 Å². The number of primary amides is 1. The number of carbonyl (C=O) groups is 2. The van der Waals surface area contributed by atoms with Crippen LogP contribution in [0.2, 0.25) is 0 Å². The van der Waals surface area contributed by atoms with Gasteiger partial charge in [0.1, 0.15) is 0 Å². The van der Waals surface area contributed by atoms with Crippen LogP contribution >= 0.6 is 0 Å². The third-order valence-electron chi connectivity index (χ3n) is 3.03. The molecule has 2 atom stereocenters. The minimum absolute atomic E-state index is 0.0617. The van der Waals surface area contributed by atoms with E-state index in [9.17, 15) is 9.59 Å². The Balaban J connectivity index is 2.41. The highest BCUT2D eigenvalue weighted by atomic mass is 16.2. The number of nitrogens with two attached hydrogens (primary N) is 2. The standard InChI is InChI=1S/C11H21N3O2/c1-2-3-8-4-5-14(7-8)11(16)9(12)6-10(13)15/h8-9H,2-7,12H2,1H3,(H2,13,15). The lowest BCUT2D eigenvalue weighted by Gasteiger charge is -2.20. The molecule has 5 nitrogen and oxygen atoms in total. The number of amides is 2. The minimum Gasteiger partial charge on any atom is -0.370 e. The summed E-state index contributed by atoms with van der Waals surface area (Å²) in [5.74, 6) is -0.0720. The zero-order valence-electron chi connectivity index (χ0n) is 9.82. The second-order valence-electron chi connectivity index (χ2n) is 4.50. The maximum Gasteiger partial charge on any atom is 0.240 e. The van der Waals surface area contributed by atoms with Crippen LogP contribution < -0.4 is 11.5 Å². The van der Waals surface area contributed by atoms with Gasteiger partial charge in [-0.15, -0.1) is 0 Å². The summed E-state index contributed by atoms with van der Waals surface area (Å²) in [6.45, 7) is 3.68. The zero-order chi connectivity index (χ0) is 12.1. The van der Waals surface area contributed by atoms with Crippen LogP contribution in [0.3, 0.4) is 0 Å². The average Bonchev–Trinajstić information content (AvgIpc) is 2.64. The van der Waals surface area contributed by atoms with Crippen molar-refractivity contribution in [2.45, 2.75) is 38.6 Å². The van der Waals surface area contributed by atoms with Crippen molar-refractivity contribution in [3.63, 3.8) is 0 Å². The van der Waals surface area contributed by atoms with Gasteiger partial charge in [-0.2, -0.15) is 0 Å². The van der Waals surface area contributed by atoms with E-state index in [1.807, 2.05) is 0 Å². The maximum absolute atomic E-state index is 11.8. The van der Waals surface area contributed by atoms with E-state index in [1.165, 1.54) is 0 Å². The van der Waals surface area contributed by atoms with Gasteiger partial charge in [0.2, 0.25) is 11.8 Å². The fourth-order valence-electron chi connectivity index (χ4n) is 2.22.